The second-order valence-corrected chi connectivity index (χ2v) is 35.8. The summed E-state index contributed by atoms with van der Waals surface area (Å²) in [5.41, 5.74) is 11.9. The van der Waals surface area contributed by atoms with Crippen molar-refractivity contribution in [3.8, 4) is 89.8 Å². The predicted molar refractivity (Wildman–Crippen MR) is 442 cm³/mol. The summed E-state index contributed by atoms with van der Waals surface area (Å²) in [6, 6.07) is 115. The minimum atomic E-state index is -5.84. The van der Waals surface area contributed by atoms with Gasteiger partial charge in [0, 0.05) is 83.7 Å². The fourth-order valence-corrected chi connectivity index (χ4v) is 12.5. The van der Waals surface area contributed by atoms with Gasteiger partial charge in [-0.1, -0.05) is 192 Å². The fraction of sp³-hybridized carbons (Fsp3) is 0.133. The minimum absolute atomic E-state index is 0. The molecule has 20 heteroatoms. The number of rotatable bonds is 10. The molecule has 8 aromatic carbocycles. The van der Waals surface area contributed by atoms with Crippen LogP contribution < -0.4 is 10.4 Å². The fourth-order valence-electron chi connectivity index (χ4n) is 9.58. The SMILES string of the molecule is C.CCO.CO.CO.C[Si](C)(C)c1cnc(-c2[c-]cccc2)cc1-c1ccccc1.C[Si](C)(C)c1cnc(-c2ccccc2)cc1-c1ccccc1.O=S(=O)(O)C(F)(F)F.[Ir+3].[Ir].[c-]1ccccc1-c1ccccn1.[c-]1ccccc1-c1ccccn1.[c-]1ccccc1-c1ccccn1.[c-]1ccccc1-c1ccccn1. The number of hydrogen-bond donors (Lipinski definition) is 4. The van der Waals surface area contributed by atoms with E-state index in [4.69, 9.17) is 38.3 Å². The van der Waals surface area contributed by atoms with Crippen molar-refractivity contribution in [1.82, 2.24) is 29.9 Å². The molecule has 1 radical (unpaired) electrons. The summed E-state index contributed by atoms with van der Waals surface area (Å²) in [7, 11) is -6.74. The molecule has 0 unspecified atom stereocenters. The Balaban J connectivity index is 0.000000437. The first-order valence-electron chi connectivity index (χ1n) is 33.9. The first-order valence-corrected chi connectivity index (χ1v) is 42.3. The van der Waals surface area contributed by atoms with Crippen molar-refractivity contribution < 1.29 is 81.7 Å². The van der Waals surface area contributed by atoms with Crippen LogP contribution in [-0.2, 0) is 50.3 Å². The number of pyridine rings is 6. The second-order valence-electron chi connectivity index (χ2n) is 24.3. The molecule has 0 spiro atoms. The van der Waals surface area contributed by atoms with Crippen LogP contribution in [0.25, 0.3) is 89.8 Å². The number of aromatic nitrogens is 6. The molecule has 14 aromatic rings. The summed E-state index contributed by atoms with van der Waals surface area (Å²) < 4.78 is 57.5. The number of halogens is 3. The smallest absolute Gasteiger partial charge is 0.400 e. The normalized spacial score (nSPS) is 10.1. The molecule has 0 amide bonds. The van der Waals surface area contributed by atoms with Gasteiger partial charge in [-0.15, -0.1) is 179 Å². The Morgan fingerprint density at radius 2 is 0.573 bits per heavy atom. The van der Waals surface area contributed by atoms with Crippen molar-refractivity contribution in [3.63, 3.8) is 0 Å². The van der Waals surface area contributed by atoms with E-state index in [1.807, 2.05) is 194 Å². The minimum Gasteiger partial charge on any atom is -0.400 e. The summed E-state index contributed by atoms with van der Waals surface area (Å²) in [6.07, 6.45) is 11.3. The number of benzene rings is 8. The van der Waals surface area contributed by atoms with Gasteiger partial charge in [0.25, 0.3) is 0 Å². The quantitative estimate of drug-likeness (QED) is 0.0439. The van der Waals surface area contributed by atoms with Gasteiger partial charge in [0.2, 0.25) is 0 Å². The van der Waals surface area contributed by atoms with E-state index < -0.39 is 31.8 Å². The average molecular weight is 1880 g/mol. The number of alkyl halides is 3. The third-order valence-corrected chi connectivity index (χ3v) is 19.2. The predicted octanol–water partition coefficient (Wildman–Crippen LogP) is 20.2. The van der Waals surface area contributed by atoms with Gasteiger partial charge < -0.3 is 40.2 Å². The largest absolute Gasteiger partial charge is 3.00 e. The van der Waals surface area contributed by atoms with E-state index in [0.717, 1.165) is 76.2 Å². The van der Waals surface area contributed by atoms with Crippen LogP contribution in [0, 0.1) is 30.3 Å². The van der Waals surface area contributed by atoms with E-state index in [1.165, 1.54) is 38.2 Å². The molecule has 0 atom stereocenters. The molecule has 110 heavy (non-hydrogen) atoms. The molecular weight excluding hydrogens is 1790 g/mol. The van der Waals surface area contributed by atoms with E-state index in [2.05, 4.69) is 205 Å². The van der Waals surface area contributed by atoms with Crippen LogP contribution in [0.1, 0.15) is 14.4 Å². The maximum atomic E-state index is 10.7. The van der Waals surface area contributed by atoms with Gasteiger partial charge in [-0.2, -0.15) is 21.6 Å². The Morgan fingerprint density at radius 1 is 0.355 bits per heavy atom. The molecular formula is C90H92F3Ir2N6O6SSi2-2. The van der Waals surface area contributed by atoms with Crippen LogP contribution in [0.15, 0.2) is 334 Å². The third-order valence-electron chi connectivity index (χ3n) is 14.5. The molecule has 0 saturated heterocycles. The summed E-state index contributed by atoms with van der Waals surface area (Å²) in [5.74, 6) is 0. The van der Waals surface area contributed by atoms with E-state index in [1.54, 1.807) is 31.7 Å². The van der Waals surface area contributed by atoms with Crippen LogP contribution in [0.2, 0.25) is 39.3 Å². The Labute approximate surface area is 677 Å². The van der Waals surface area contributed by atoms with Gasteiger partial charge in [0.05, 0.1) is 21.8 Å². The average Bonchev–Trinajstić information content (AvgIpc) is 0.795. The van der Waals surface area contributed by atoms with Gasteiger partial charge in [-0.05, 0) is 98.4 Å². The van der Waals surface area contributed by atoms with E-state index in [-0.39, 0.29) is 54.2 Å². The van der Waals surface area contributed by atoms with Crippen LogP contribution in [0.5, 0.6) is 0 Å². The first-order chi connectivity index (χ1) is 51.6. The van der Waals surface area contributed by atoms with E-state index in [9.17, 15) is 13.2 Å². The van der Waals surface area contributed by atoms with Gasteiger partial charge in [0.1, 0.15) is 0 Å². The maximum Gasteiger partial charge on any atom is 3.00 e. The molecule has 0 aliphatic rings. The molecule has 12 nitrogen and oxygen atoms in total. The topological polar surface area (TPSA) is 192 Å². The Kier molecular flexibility index (Phi) is 45.5. The van der Waals surface area contributed by atoms with Gasteiger partial charge >= 0.3 is 35.7 Å². The molecule has 0 aliphatic heterocycles. The Bertz CT molecular complexity index is 4200. The van der Waals surface area contributed by atoms with Gasteiger partial charge in [-0.3, -0.25) is 9.54 Å². The molecule has 0 saturated carbocycles. The molecule has 573 valence electrons. The van der Waals surface area contributed by atoms with Gasteiger partial charge in [-0.25, -0.2) is 0 Å². The van der Waals surface area contributed by atoms with Crippen molar-refractivity contribution in [2.45, 2.75) is 59.1 Å². The zero-order chi connectivity index (χ0) is 77.8. The molecule has 4 N–H and O–H groups in total. The van der Waals surface area contributed by atoms with Crippen molar-refractivity contribution in [2.75, 3.05) is 20.8 Å². The van der Waals surface area contributed by atoms with Crippen LogP contribution >= 0.6 is 0 Å². The van der Waals surface area contributed by atoms with Crippen molar-refractivity contribution in [2.24, 2.45) is 0 Å². The molecule has 6 aromatic heterocycles. The summed E-state index contributed by atoms with van der Waals surface area (Å²) >= 11 is 0. The van der Waals surface area contributed by atoms with Crippen molar-refractivity contribution in [1.29, 1.82) is 0 Å². The maximum absolute atomic E-state index is 10.7. The summed E-state index contributed by atoms with van der Waals surface area (Å²) in [6.45, 7) is 16.1. The number of hydrogen-bond acceptors (Lipinski definition) is 11. The molecule has 0 aliphatic carbocycles. The number of aliphatic hydroxyl groups is 3. The van der Waals surface area contributed by atoms with Gasteiger partial charge in [0.15, 0.2) is 0 Å². The van der Waals surface area contributed by atoms with Crippen LogP contribution in [0.4, 0.5) is 13.2 Å². The molecule has 0 fully saturated rings. The number of aliphatic hydroxyl groups excluding tert-OH is 3. The second kappa shape index (κ2) is 52.1. The molecule has 0 bridgehead atoms. The first kappa shape index (κ1) is 96.1. The Morgan fingerprint density at radius 3 is 0.791 bits per heavy atom. The van der Waals surface area contributed by atoms with E-state index in [0.29, 0.717) is 0 Å². The Hall–Kier alpha value is -10.0. The molecule has 14 rings (SSSR count). The van der Waals surface area contributed by atoms with E-state index >= 15 is 0 Å². The number of nitrogens with zero attached hydrogens (tertiary/aromatic N) is 6. The monoisotopic (exact) mass is 1880 g/mol. The van der Waals surface area contributed by atoms with Crippen molar-refractivity contribution in [3.05, 3.63) is 365 Å². The molecule has 6 heterocycles. The van der Waals surface area contributed by atoms with Crippen LogP contribution in [-0.4, -0.2) is 101 Å². The third kappa shape index (κ3) is 33.9. The standard InChI is InChI=1S/C20H21NSi.C20H20NSi.4C11H8N.C2H6O.CHF3O3S.2CH4O.CH4.2Ir/c2*1-22(2,3)20-15-21-19(17-12-8-5-9-13-17)14-18(20)16-10-6-4-7-11-16;4*1-2-6-10(7-3-1)11-8-4-5-9-12-11;1-2-3;2-1(3,4)8(5,6)7;2*1-2;;;/h4-15H,1-3H3;4-12,14-15H,1-3H3;4*1-6,8-9H;3H,2H2,1H3;(H,5,6,7);2*2H,1H3;1H4;;/q;5*-1;;;;;;;+3. The zero-order valence-corrected chi connectivity index (χ0v) is 69.6. The van der Waals surface area contributed by atoms with Crippen LogP contribution in [0.3, 0.4) is 0 Å². The zero-order valence-electron chi connectivity index (χ0n) is 62.0. The van der Waals surface area contributed by atoms with Crippen molar-refractivity contribution >= 4 is 36.6 Å². The summed E-state index contributed by atoms with van der Waals surface area (Å²) in [5, 5.41) is 24.4. The summed E-state index contributed by atoms with van der Waals surface area (Å²) in [4.78, 5) is 26.3.